The number of nitrogens with one attached hydrogen (secondary N) is 1. The van der Waals surface area contributed by atoms with Crippen LogP contribution < -0.4 is 5.32 Å². The van der Waals surface area contributed by atoms with Crippen LogP contribution in [0.1, 0.15) is 20.8 Å². The molecule has 0 aromatic heterocycles. The van der Waals surface area contributed by atoms with Gasteiger partial charge in [0.05, 0.1) is 0 Å². The molecule has 11 heavy (non-hydrogen) atoms. The van der Waals surface area contributed by atoms with Crippen LogP contribution in [-0.2, 0) is 0 Å². The van der Waals surface area contributed by atoms with Crippen molar-refractivity contribution in [1.82, 2.24) is 5.32 Å². The Balaban J connectivity index is 3.37. The van der Waals surface area contributed by atoms with Crippen LogP contribution in [0.15, 0.2) is 12.2 Å². The fraction of sp³-hybridized carbons (Fsp3) is 0.778. The van der Waals surface area contributed by atoms with Crippen LogP contribution >= 0.6 is 11.6 Å². The highest BCUT2D eigenvalue weighted by Crippen LogP contribution is 2.14. The third kappa shape index (κ3) is 6.39. The molecule has 0 bridgehead atoms. The third-order valence-corrected chi connectivity index (χ3v) is 2.19. The van der Waals surface area contributed by atoms with Crippen LogP contribution in [0.5, 0.6) is 0 Å². The van der Waals surface area contributed by atoms with Gasteiger partial charge < -0.3 is 5.32 Å². The minimum Gasteiger partial charge on any atom is -0.313 e. The van der Waals surface area contributed by atoms with Crippen molar-refractivity contribution in [3.63, 3.8) is 0 Å². The summed E-state index contributed by atoms with van der Waals surface area (Å²) < 4.78 is 0. The van der Waals surface area contributed by atoms with E-state index in [4.69, 9.17) is 11.6 Å². The van der Waals surface area contributed by atoms with E-state index in [0.717, 1.165) is 13.1 Å². The van der Waals surface area contributed by atoms with Crippen LogP contribution in [0.2, 0.25) is 0 Å². The van der Waals surface area contributed by atoms with Gasteiger partial charge in [-0.2, -0.15) is 0 Å². The van der Waals surface area contributed by atoms with E-state index in [1.54, 1.807) is 0 Å². The molecule has 0 aliphatic rings. The summed E-state index contributed by atoms with van der Waals surface area (Å²) in [4.78, 5) is 0. The molecule has 0 saturated heterocycles. The molecule has 0 aliphatic carbocycles. The Bertz CT molecular complexity index is 119. The van der Waals surface area contributed by atoms with Crippen LogP contribution in [0.4, 0.5) is 0 Å². The number of hydrogen-bond acceptors (Lipinski definition) is 1. The van der Waals surface area contributed by atoms with Crippen molar-refractivity contribution < 1.29 is 0 Å². The highest BCUT2D eigenvalue weighted by molar-refractivity contribution is 6.18. The number of alkyl halides is 1. The van der Waals surface area contributed by atoms with Gasteiger partial charge in [-0.05, 0) is 12.3 Å². The standard InChI is InChI=1S/C9H18ClN/c1-4-5-6-11-8-9(2,3)7-10/h4-5,11H,6-8H2,1-3H3/b5-4+. The topological polar surface area (TPSA) is 12.0 Å². The first-order chi connectivity index (χ1) is 5.12. The normalized spacial score (nSPS) is 12.7. The van der Waals surface area contributed by atoms with Gasteiger partial charge in [-0.15, -0.1) is 11.6 Å². The summed E-state index contributed by atoms with van der Waals surface area (Å²) in [5.41, 5.74) is 0.211. The maximum Gasteiger partial charge on any atom is 0.0286 e. The zero-order valence-corrected chi connectivity index (χ0v) is 8.41. The molecule has 0 aliphatic heterocycles. The van der Waals surface area contributed by atoms with Crippen molar-refractivity contribution in [1.29, 1.82) is 0 Å². The van der Waals surface area contributed by atoms with Crippen molar-refractivity contribution in [2.24, 2.45) is 5.41 Å². The molecule has 0 atom stereocenters. The Hall–Kier alpha value is -0.0100. The van der Waals surface area contributed by atoms with Crippen molar-refractivity contribution >= 4 is 11.6 Å². The Labute approximate surface area is 74.8 Å². The summed E-state index contributed by atoms with van der Waals surface area (Å²) in [6, 6.07) is 0. The molecule has 0 heterocycles. The average molecular weight is 176 g/mol. The van der Waals surface area contributed by atoms with E-state index in [1.165, 1.54) is 0 Å². The molecule has 1 N–H and O–H groups in total. The second-order valence-corrected chi connectivity index (χ2v) is 3.77. The van der Waals surface area contributed by atoms with Gasteiger partial charge in [0.15, 0.2) is 0 Å². The summed E-state index contributed by atoms with van der Waals surface area (Å²) in [6.07, 6.45) is 4.14. The number of rotatable bonds is 5. The Morgan fingerprint density at radius 2 is 2.09 bits per heavy atom. The second kappa shape index (κ2) is 5.62. The molecule has 2 heteroatoms. The van der Waals surface area contributed by atoms with Crippen molar-refractivity contribution in [3.8, 4) is 0 Å². The maximum atomic E-state index is 5.75. The second-order valence-electron chi connectivity index (χ2n) is 3.50. The van der Waals surface area contributed by atoms with E-state index >= 15 is 0 Å². The summed E-state index contributed by atoms with van der Waals surface area (Å²) in [7, 11) is 0. The van der Waals surface area contributed by atoms with Crippen LogP contribution in [0.25, 0.3) is 0 Å². The molecular weight excluding hydrogens is 158 g/mol. The monoisotopic (exact) mass is 175 g/mol. The van der Waals surface area contributed by atoms with Gasteiger partial charge in [0.25, 0.3) is 0 Å². The quantitative estimate of drug-likeness (QED) is 0.385. The first kappa shape index (κ1) is 11.0. The third-order valence-electron chi connectivity index (χ3n) is 1.46. The van der Waals surface area contributed by atoms with Gasteiger partial charge in [-0.1, -0.05) is 26.0 Å². The van der Waals surface area contributed by atoms with Crippen molar-refractivity contribution in [3.05, 3.63) is 12.2 Å². The zero-order chi connectivity index (χ0) is 8.74. The molecule has 0 radical (unpaired) electrons. The average Bonchev–Trinajstić information content (AvgIpc) is 1.99. The number of halogens is 1. The van der Waals surface area contributed by atoms with E-state index in [-0.39, 0.29) is 5.41 Å². The van der Waals surface area contributed by atoms with Gasteiger partial charge in [-0.3, -0.25) is 0 Å². The summed E-state index contributed by atoms with van der Waals surface area (Å²) in [5, 5.41) is 3.31. The van der Waals surface area contributed by atoms with Crippen molar-refractivity contribution in [2.75, 3.05) is 19.0 Å². The van der Waals surface area contributed by atoms with E-state index in [0.29, 0.717) is 5.88 Å². The molecular formula is C9H18ClN. The van der Waals surface area contributed by atoms with Crippen LogP contribution in [-0.4, -0.2) is 19.0 Å². The Morgan fingerprint density at radius 3 is 2.55 bits per heavy atom. The van der Waals surface area contributed by atoms with Gasteiger partial charge >= 0.3 is 0 Å². The molecule has 0 aromatic carbocycles. The van der Waals surface area contributed by atoms with Crippen LogP contribution in [0, 0.1) is 5.41 Å². The lowest BCUT2D eigenvalue weighted by molar-refractivity contribution is 0.395. The minimum atomic E-state index is 0.211. The first-order valence-corrected chi connectivity index (χ1v) is 4.53. The van der Waals surface area contributed by atoms with Gasteiger partial charge in [0.2, 0.25) is 0 Å². The lowest BCUT2D eigenvalue weighted by Gasteiger charge is -2.21. The Morgan fingerprint density at radius 1 is 1.45 bits per heavy atom. The lowest BCUT2D eigenvalue weighted by atomic mass is 9.97. The summed E-state index contributed by atoms with van der Waals surface area (Å²) >= 11 is 5.75. The largest absolute Gasteiger partial charge is 0.313 e. The van der Waals surface area contributed by atoms with Gasteiger partial charge in [-0.25, -0.2) is 0 Å². The van der Waals surface area contributed by atoms with Gasteiger partial charge in [0, 0.05) is 19.0 Å². The molecule has 1 nitrogen and oxygen atoms in total. The highest BCUT2D eigenvalue weighted by Gasteiger charge is 2.14. The Kier molecular flexibility index (Phi) is 5.61. The SMILES string of the molecule is C/C=C/CNCC(C)(C)CCl. The lowest BCUT2D eigenvalue weighted by Crippen LogP contribution is -2.30. The smallest absolute Gasteiger partial charge is 0.0286 e. The van der Waals surface area contributed by atoms with E-state index in [2.05, 4.69) is 25.2 Å². The fourth-order valence-corrected chi connectivity index (χ4v) is 0.753. The molecule has 0 fully saturated rings. The zero-order valence-electron chi connectivity index (χ0n) is 7.65. The molecule has 0 aromatic rings. The van der Waals surface area contributed by atoms with E-state index in [1.807, 2.05) is 13.0 Å². The number of allylic oxidation sites excluding steroid dienone is 1. The highest BCUT2D eigenvalue weighted by atomic mass is 35.5. The molecule has 0 rings (SSSR count). The van der Waals surface area contributed by atoms with Gasteiger partial charge in [0.1, 0.15) is 0 Å². The molecule has 0 spiro atoms. The first-order valence-electron chi connectivity index (χ1n) is 4.00. The van der Waals surface area contributed by atoms with E-state index < -0.39 is 0 Å². The van der Waals surface area contributed by atoms with Crippen LogP contribution in [0.3, 0.4) is 0 Å². The summed E-state index contributed by atoms with van der Waals surface area (Å²) in [6.45, 7) is 8.25. The molecule has 66 valence electrons. The molecule has 0 amide bonds. The molecule has 0 unspecified atom stereocenters. The predicted octanol–water partition coefficient (Wildman–Crippen LogP) is 2.42. The summed E-state index contributed by atoms with van der Waals surface area (Å²) in [5.74, 6) is 0.704. The minimum absolute atomic E-state index is 0.211. The fourth-order valence-electron chi connectivity index (χ4n) is 0.659. The maximum absolute atomic E-state index is 5.75. The molecule has 0 saturated carbocycles. The van der Waals surface area contributed by atoms with E-state index in [9.17, 15) is 0 Å². The van der Waals surface area contributed by atoms with Crippen molar-refractivity contribution in [2.45, 2.75) is 20.8 Å². The number of hydrogen-bond donors (Lipinski definition) is 1. The predicted molar refractivity (Wildman–Crippen MR) is 52.2 cm³/mol.